The Balaban J connectivity index is 1.58. The van der Waals surface area contributed by atoms with E-state index in [9.17, 15) is 9.59 Å². The van der Waals surface area contributed by atoms with Gasteiger partial charge in [-0.2, -0.15) is 0 Å². The van der Waals surface area contributed by atoms with Crippen LogP contribution in [0, 0.1) is 23.7 Å². The molecule has 0 unspecified atom stereocenters. The third kappa shape index (κ3) is 2.63. The number of likely N-dealkylation sites (tertiary alicyclic amines) is 1. The Hall–Kier alpha value is -1.84. The Morgan fingerprint density at radius 3 is 2.07 bits per heavy atom. The molecule has 1 aliphatic heterocycles. The molecule has 27 heavy (non-hydrogen) atoms. The molecule has 2 atom stereocenters. The van der Waals surface area contributed by atoms with Gasteiger partial charge in [0, 0.05) is 26.1 Å². The average molecular weight is 367 g/mol. The van der Waals surface area contributed by atoms with Crippen LogP contribution in [0.25, 0.3) is 0 Å². The maximum Gasteiger partial charge on any atom is 0.228 e. The molecule has 5 aliphatic rings. The molecule has 4 heteroatoms. The highest BCUT2D eigenvalue weighted by Crippen LogP contribution is 2.61. The van der Waals surface area contributed by atoms with Crippen molar-refractivity contribution < 1.29 is 9.59 Å². The molecule has 4 saturated carbocycles. The van der Waals surface area contributed by atoms with E-state index in [0.29, 0.717) is 6.42 Å². The fraction of sp³-hybridized carbons (Fsp3) is 0.652. The van der Waals surface area contributed by atoms with E-state index in [2.05, 4.69) is 17.0 Å². The first-order chi connectivity index (χ1) is 13.0. The van der Waals surface area contributed by atoms with Crippen molar-refractivity contribution in [2.45, 2.75) is 56.5 Å². The van der Waals surface area contributed by atoms with Crippen LogP contribution in [-0.4, -0.2) is 41.2 Å². The molecule has 0 N–H and O–H groups in total. The number of rotatable bonds is 3. The maximum absolute atomic E-state index is 13.4. The van der Waals surface area contributed by atoms with Gasteiger partial charge in [-0.3, -0.25) is 9.59 Å². The first-order valence-corrected chi connectivity index (χ1v) is 10.5. The Morgan fingerprint density at radius 1 is 1.00 bits per heavy atom. The van der Waals surface area contributed by atoms with Crippen LogP contribution in [-0.2, 0) is 9.59 Å². The standard InChI is InChI=1S/C23H30N2O2/c1-24(2)22(27)19-11-20(26)25(21(19)18-6-4-3-5-7-18)23-12-15-8-16(13-23)10-17(9-15)14-23/h3-7,15-17,19,21H,8-14H2,1-2H3/t15?,16?,17?,19-,21-,23?/m0/s1. The van der Waals surface area contributed by atoms with E-state index in [4.69, 9.17) is 0 Å². The second kappa shape index (κ2) is 6.08. The summed E-state index contributed by atoms with van der Waals surface area (Å²) < 4.78 is 0. The van der Waals surface area contributed by atoms with E-state index in [1.54, 1.807) is 4.90 Å². The van der Waals surface area contributed by atoms with Gasteiger partial charge >= 0.3 is 0 Å². The van der Waals surface area contributed by atoms with Gasteiger partial charge in [-0.25, -0.2) is 0 Å². The molecule has 2 amide bonds. The molecule has 6 rings (SSSR count). The summed E-state index contributed by atoms with van der Waals surface area (Å²) in [4.78, 5) is 30.2. The molecule has 144 valence electrons. The van der Waals surface area contributed by atoms with Crippen LogP contribution in [0.5, 0.6) is 0 Å². The predicted octanol–water partition coefficient (Wildman–Crippen LogP) is 3.63. The summed E-state index contributed by atoms with van der Waals surface area (Å²) in [6.07, 6.45) is 7.88. The minimum absolute atomic E-state index is 0.00627. The molecule has 4 bridgehead atoms. The lowest BCUT2D eigenvalue weighted by molar-refractivity contribution is -0.150. The zero-order chi connectivity index (χ0) is 18.8. The first kappa shape index (κ1) is 17.3. The van der Waals surface area contributed by atoms with E-state index in [1.807, 2.05) is 32.3 Å². The fourth-order valence-electron chi connectivity index (χ4n) is 7.24. The van der Waals surface area contributed by atoms with Gasteiger partial charge in [0.25, 0.3) is 0 Å². The highest BCUT2D eigenvalue weighted by molar-refractivity contribution is 5.90. The van der Waals surface area contributed by atoms with Crippen LogP contribution in [0.15, 0.2) is 30.3 Å². The molecular weight excluding hydrogens is 336 g/mol. The minimum atomic E-state index is -0.261. The molecule has 0 spiro atoms. The summed E-state index contributed by atoms with van der Waals surface area (Å²) in [5.74, 6) is 2.37. The van der Waals surface area contributed by atoms with Crippen LogP contribution in [0.4, 0.5) is 0 Å². The summed E-state index contributed by atoms with van der Waals surface area (Å²) in [6.45, 7) is 0. The number of hydrogen-bond donors (Lipinski definition) is 0. The summed E-state index contributed by atoms with van der Waals surface area (Å²) in [5.41, 5.74) is 1.12. The van der Waals surface area contributed by atoms with Crippen molar-refractivity contribution in [1.29, 1.82) is 0 Å². The highest BCUT2D eigenvalue weighted by Gasteiger charge is 2.59. The van der Waals surface area contributed by atoms with Crippen LogP contribution in [0.3, 0.4) is 0 Å². The normalized spacial score (nSPS) is 39.9. The van der Waals surface area contributed by atoms with Gasteiger partial charge in [0.15, 0.2) is 0 Å². The maximum atomic E-state index is 13.4. The average Bonchev–Trinajstić information content (AvgIpc) is 2.98. The summed E-state index contributed by atoms with van der Waals surface area (Å²) in [5, 5.41) is 0. The number of amides is 2. The second-order valence-electron chi connectivity index (χ2n) is 9.80. The van der Waals surface area contributed by atoms with Gasteiger partial charge in [-0.1, -0.05) is 30.3 Å². The summed E-state index contributed by atoms with van der Waals surface area (Å²) in [6, 6.07) is 10.2. The van der Waals surface area contributed by atoms with Gasteiger partial charge in [-0.15, -0.1) is 0 Å². The zero-order valence-electron chi connectivity index (χ0n) is 16.4. The first-order valence-electron chi connectivity index (χ1n) is 10.5. The van der Waals surface area contributed by atoms with Gasteiger partial charge in [-0.05, 0) is 61.8 Å². The highest BCUT2D eigenvalue weighted by atomic mass is 16.2. The molecule has 0 radical (unpaired) electrons. The van der Waals surface area contributed by atoms with Crippen molar-refractivity contribution in [1.82, 2.24) is 9.80 Å². The van der Waals surface area contributed by atoms with Crippen molar-refractivity contribution in [2.75, 3.05) is 14.1 Å². The third-order valence-corrected chi connectivity index (χ3v) is 7.74. The number of carbonyl (C=O) groups is 2. The van der Waals surface area contributed by atoms with Crippen molar-refractivity contribution >= 4 is 11.8 Å². The predicted molar refractivity (Wildman–Crippen MR) is 104 cm³/mol. The lowest BCUT2D eigenvalue weighted by Crippen LogP contribution is -2.61. The molecular formula is C23H30N2O2. The third-order valence-electron chi connectivity index (χ3n) is 7.74. The molecule has 4 nitrogen and oxygen atoms in total. The van der Waals surface area contributed by atoms with Crippen molar-refractivity contribution in [3.8, 4) is 0 Å². The molecule has 1 aromatic rings. The van der Waals surface area contributed by atoms with Gasteiger partial charge in [0.05, 0.1) is 12.0 Å². The zero-order valence-corrected chi connectivity index (χ0v) is 16.4. The van der Waals surface area contributed by atoms with Gasteiger partial charge < -0.3 is 9.80 Å². The minimum Gasteiger partial charge on any atom is -0.348 e. The van der Waals surface area contributed by atoms with E-state index >= 15 is 0 Å². The molecule has 0 aromatic heterocycles. The van der Waals surface area contributed by atoms with Crippen LogP contribution < -0.4 is 0 Å². The SMILES string of the molecule is CN(C)C(=O)[C@H]1CC(=O)N(C23CC4CC(CC(C4)C2)C3)[C@H]1c1ccccc1. The van der Waals surface area contributed by atoms with Gasteiger partial charge in [0.1, 0.15) is 0 Å². The Labute approximate surface area is 161 Å². The number of hydrogen-bond acceptors (Lipinski definition) is 2. The summed E-state index contributed by atoms with van der Waals surface area (Å²) in [7, 11) is 3.62. The van der Waals surface area contributed by atoms with Crippen LogP contribution in [0.1, 0.15) is 56.6 Å². The Bertz CT molecular complexity index is 722. The molecule has 5 fully saturated rings. The smallest absolute Gasteiger partial charge is 0.228 e. The Morgan fingerprint density at radius 2 is 1.56 bits per heavy atom. The van der Waals surface area contributed by atoms with E-state index in [1.165, 1.54) is 19.3 Å². The molecule has 4 aliphatic carbocycles. The fourth-order valence-corrected chi connectivity index (χ4v) is 7.24. The topological polar surface area (TPSA) is 40.6 Å². The van der Waals surface area contributed by atoms with Crippen molar-refractivity contribution in [3.05, 3.63) is 35.9 Å². The quantitative estimate of drug-likeness (QED) is 0.820. The molecule has 1 saturated heterocycles. The molecule has 1 heterocycles. The van der Waals surface area contributed by atoms with Crippen molar-refractivity contribution in [3.63, 3.8) is 0 Å². The number of benzene rings is 1. The van der Waals surface area contributed by atoms with E-state index in [0.717, 1.165) is 42.6 Å². The lowest BCUT2D eigenvalue weighted by atomic mass is 9.52. The van der Waals surface area contributed by atoms with Gasteiger partial charge in [0.2, 0.25) is 11.8 Å². The molecule has 1 aromatic carbocycles. The van der Waals surface area contributed by atoms with Crippen LogP contribution in [0.2, 0.25) is 0 Å². The van der Waals surface area contributed by atoms with E-state index in [-0.39, 0.29) is 29.3 Å². The summed E-state index contributed by atoms with van der Waals surface area (Å²) >= 11 is 0. The largest absolute Gasteiger partial charge is 0.348 e. The lowest BCUT2D eigenvalue weighted by Gasteiger charge is -2.61. The van der Waals surface area contributed by atoms with E-state index < -0.39 is 0 Å². The Kier molecular flexibility index (Phi) is 3.89. The number of nitrogens with zero attached hydrogens (tertiary/aromatic N) is 2. The second-order valence-corrected chi connectivity index (χ2v) is 9.80. The number of carbonyl (C=O) groups excluding carboxylic acids is 2. The van der Waals surface area contributed by atoms with Crippen molar-refractivity contribution in [2.24, 2.45) is 23.7 Å². The van der Waals surface area contributed by atoms with Crippen LogP contribution >= 0.6 is 0 Å². The monoisotopic (exact) mass is 366 g/mol.